The first-order chi connectivity index (χ1) is 5.06. The average molecular weight is 160 g/mol. The van der Waals surface area contributed by atoms with Crippen molar-refractivity contribution in [3.63, 3.8) is 0 Å². The lowest BCUT2D eigenvalue weighted by molar-refractivity contribution is -0.251. The molecule has 0 saturated carbocycles. The Morgan fingerprint density at radius 3 is 2.45 bits per heavy atom. The zero-order valence-electron chi connectivity index (χ0n) is 5.44. The van der Waals surface area contributed by atoms with Crippen LogP contribution in [0, 0.1) is 0 Å². The van der Waals surface area contributed by atoms with E-state index >= 15 is 0 Å². The lowest BCUT2D eigenvalue weighted by Crippen LogP contribution is -2.44. The van der Waals surface area contributed by atoms with Crippen LogP contribution in [0.15, 0.2) is 0 Å². The van der Waals surface area contributed by atoms with E-state index in [-0.39, 0.29) is 6.29 Å². The fourth-order valence-electron chi connectivity index (χ4n) is 0.473. The quantitative estimate of drug-likeness (QED) is 0.461. The molecule has 0 aromatic carbocycles. The van der Waals surface area contributed by atoms with Crippen LogP contribution >= 0.6 is 0 Å². The highest BCUT2D eigenvalue weighted by atomic mass is 16.4. The Kier molecular flexibility index (Phi) is 3.65. The number of rotatable bonds is 4. The Labute approximate surface area is 61.8 Å². The molecular formula is C5H6NO5-. The minimum atomic E-state index is -1.66. The molecule has 6 nitrogen and oxygen atoms in total. The lowest BCUT2D eigenvalue weighted by atomic mass is 10.2. The molecule has 0 unspecified atom stereocenters. The summed E-state index contributed by atoms with van der Waals surface area (Å²) in [4.78, 5) is 29.7. The van der Waals surface area contributed by atoms with Gasteiger partial charge < -0.3 is 25.1 Å². The topological polar surface area (TPSA) is 107 Å². The van der Waals surface area contributed by atoms with Crippen LogP contribution in [0.4, 0.5) is 4.79 Å². The number of hydrogen-bond acceptors (Lipinski definition) is 4. The number of carbonyl (C=O) groups is 3. The predicted octanol–water partition coefficient (Wildman–Crippen LogP) is -2.04. The highest BCUT2D eigenvalue weighted by Gasteiger charge is 2.10. The highest BCUT2D eigenvalue weighted by Crippen LogP contribution is 1.86. The second-order valence-corrected chi connectivity index (χ2v) is 1.77. The molecule has 0 saturated heterocycles. The van der Waals surface area contributed by atoms with E-state index in [4.69, 9.17) is 5.11 Å². The summed E-state index contributed by atoms with van der Waals surface area (Å²) >= 11 is 0. The summed E-state index contributed by atoms with van der Waals surface area (Å²) in [5.41, 5.74) is 0. The maximum atomic E-state index is 9.96. The van der Waals surface area contributed by atoms with Gasteiger partial charge in [-0.15, -0.1) is 0 Å². The molecule has 2 N–H and O–H groups in total. The van der Waals surface area contributed by atoms with Gasteiger partial charge in [0.1, 0.15) is 12.4 Å². The van der Waals surface area contributed by atoms with E-state index in [1.54, 1.807) is 5.32 Å². The van der Waals surface area contributed by atoms with Crippen LogP contribution in [0.2, 0.25) is 0 Å². The van der Waals surface area contributed by atoms with E-state index in [1.165, 1.54) is 0 Å². The van der Waals surface area contributed by atoms with Crippen LogP contribution in [0.3, 0.4) is 0 Å². The van der Waals surface area contributed by atoms with Gasteiger partial charge in [-0.3, -0.25) is 4.79 Å². The van der Waals surface area contributed by atoms with Gasteiger partial charge in [-0.1, -0.05) is 0 Å². The number of carbonyl (C=O) groups excluding carboxylic acids is 2. The summed E-state index contributed by atoms with van der Waals surface area (Å²) < 4.78 is 0. The van der Waals surface area contributed by atoms with Crippen molar-refractivity contribution in [2.24, 2.45) is 0 Å². The fraction of sp³-hybridized carbons (Fsp3) is 0.400. The summed E-state index contributed by atoms with van der Waals surface area (Å²) in [6.45, 7) is 0. The van der Waals surface area contributed by atoms with Gasteiger partial charge in [-0.05, 0) is 0 Å². The molecule has 62 valence electrons. The minimum Gasteiger partial charge on any atom is -0.530 e. The molecule has 0 aromatic rings. The lowest BCUT2D eigenvalue weighted by Gasteiger charge is -2.10. The van der Waals surface area contributed by atoms with Crippen molar-refractivity contribution in [1.29, 1.82) is 0 Å². The number of hydrogen-bond donors (Lipinski definition) is 2. The van der Waals surface area contributed by atoms with Crippen molar-refractivity contribution in [2.45, 2.75) is 12.5 Å². The van der Waals surface area contributed by atoms with E-state index in [2.05, 4.69) is 0 Å². The van der Waals surface area contributed by atoms with E-state index in [0.717, 1.165) is 0 Å². The summed E-state index contributed by atoms with van der Waals surface area (Å²) in [6.07, 6.45) is -2.04. The maximum absolute atomic E-state index is 9.96. The van der Waals surface area contributed by atoms with Gasteiger partial charge in [-0.25, -0.2) is 0 Å². The monoisotopic (exact) mass is 160 g/mol. The molecule has 1 atom stereocenters. The van der Waals surface area contributed by atoms with Gasteiger partial charge >= 0.3 is 5.97 Å². The molecule has 0 aliphatic heterocycles. The largest absolute Gasteiger partial charge is 0.530 e. The Balaban J connectivity index is 3.85. The first-order valence-corrected chi connectivity index (χ1v) is 2.71. The molecule has 0 rings (SSSR count). The van der Waals surface area contributed by atoms with Crippen molar-refractivity contribution in [1.82, 2.24) is 5.32 Å². The number of carboxylic acids is 1. The predicted molar refractivity (Wildman–Crippen MR) is 30.6 cm³/mol. The summed E-state index contributed by atoms with van der Waals surface area (Å²) in [6, 6.07) is -1.22. The van der Waals surface area contributed by atoms with Gasteiger partial charge in [-0.2, -0.15) is 0 Å². The van der Waals surface area contributed by atoms with Crippen LogP contribution in [-0.4, -0.2) is 29.5 Å². The molecule has 0 heterocycles. The van der Waals surface area contributed by atoms with Crippen molar-refractivity contribution < 1.29 is 24.6 Å². The van der Waals surface area contributed by atoms with Crippen molar-refractivity contribution in [3.05, 3.63) is 0 Å². The first kappa shape index (κ1) is 9.41. The van der Waals surface area contributed by atoms with Crippen molar-refractivity contribution >= 4 is 18.3 Å². The van der Waals surface area contributed by atoms with E-state index in [1.807, 2.05) is 0 Å². The molecule has 6 heteroatoms. The molecule has 0 bridgehead atoms. The minimum absolute atomic E-state index is 0.198. The van der Waals surface area contributed by atoms with E-state index in [9.17, 15) is 19.5 Å². The van der Waals surface area contributed by atoms with Crippen LogP contribution in [0.5, 0.6) is 0 Å². The van der Waals surface area contributed by atoms with Gasteiger partial charge in [0.2, 0.25) is 0 Å². The van der Waals surface area contributed by atoms with Crippen LogP contribution in [0.25, 0.3) is 0 Å². The third kappa shape index (κ3) is 4.89. The Morgan fingerprint density at radius 2 is 2.18 bits per heavy atom. The number of carboxylic acid groups (broad SMARTS) is 2. The first-order valence-electron chi connectivity index (χ1n) is 2.71. The third-order valence-corrected chi connectivity index (χ3v) is 0.862. The number of aliphatic carboxylic acids is 1. The van der Waals surface area contributed by atoms with E-state index in [0.29, 0.717) is 0 Å². The summed E-state index contributed by atoms with van der Waals surface area (Å²) in [5, 5.41) is 19.5. The van der Waals surface area contributed by atoms with Gasteiger partial charge in [0.25, 0.3) is 0 Å². The Hall–Kier alpha value is -1.59. The summed E-state index contributed by atoms with van der Waals surface area (Å²) in [7, 11) is 0. The molecule has 0 aromatic heterocycles. The smallest absolute Gasteiger partial charge is 0.305 e. The van der Waals surface area contributed by atoms with Gasteiger partial charge in [0.15, 0.2) is 0 Å². The molecule has 0 spiro atoms. The Morgan fingerprint density at radius 1 is 1.64 bits per heavy atom. The molecule has 0 aliphatic carbocycles. The molecule has 0 radical (unpaired) electrons. The SMILES string of the molecule is O=C[C@H](CC(=O)O)NC(=O)[O-]. The molecular weight excluding hydrogens is 154 g/mol. The van der Waals surface area contributed by atoms with Crippen molar-refractivity contribution in [2.75, 3.05) is 0 Å². The zero-order chi connectivity index (χ0) is 8.85. The third-order valence-electron chi connectivity index (χ3n) is 0.862. The van der Waals surface area contributed by atoms with Gasteiger partial charge in [0, 0.05) is 0 Å². The average Bonchev–Trinajstić information content (AvgIpc) is 1.84. The molecule has 0 aliphatic rings. The molecule has 11 heavy (non-hydrogen) atoms. The fourth-order valence-corrected chi connectivity index (χ4v) is 0.473. The van der Waals surface area contributed by atoms with Crippen LogP contribution in [0.1, 0.15) is 6.42 Å². The molecule has 1 amide bonds. The van der Waals surface area contributed by atoms with E-state index < -0.39 is 24.5 Å². The normalized spacial score (nSPS) is 11.6. The van der Waals surface area contributed by atoms with Crippen LogP contribution in [-0.2, 0) is 9.59 Å². The van der Waals surface area contributed by atoms with Gasteiger partial charge in [0.05, 0.1) is 12.5 Å². The number of aldehydes is 1. The number of amides is 1. The Bertz CT molecular complexity index is 162. The highest BCUT2D eigenvalue weighted by molar-refractivity contribution is 5.77. The standard InChI is InChI=1S/C5H7NO5/c7-2-3(1-4(8)9)6-5(10)11/h2-3,6H,1H2,(H,8,9)(H,10,11)/p-1/t3-/m0/s1. The maximum Gasteiger partial charge on any atom is 0.305 e. The van der Waals surface area contributed by atoms with Crippen molar-refractivity contribution in [3.8, 4) is 0 Å². The zero-order valence-corrected chi connectivity index (χ0v) is 5.44. The second kappa shape index (κ2) is 4.26. The summed E-state index contributed by atoms with van der Waals surface area (Å²) in [5.74, 6) is -1.25. The number of nitrogens with one attached hydrogen (secondary N) is 1. The molecule has 0 fully saturated rings. The van der Waals surface area contributed by atoms with Crippen LogP contribution < -0.4 is 10.4 Å². The second-order valence-electron chi connectivity index (χ2n) is 1.77.